The van der Waals surface area contributed by atoms with Crippen molar-refractivity contribution < 1.29 is 0 Å². The van der Waals surface area contributed by atoms with Crippen LogP contribution in [0.5, 0.6) is 0 Å². The predicted molar refractivity (Wildman–Crippen MR) is 73.5 cm³/mol. The summed E-state index contributed by atoms with van der Waals surface area (Å²) in [6.45, 7) is 4.43. The topological polar surface area (TPSA) is 38.0 Å². The second-order valence-corrected chi connectivity index (χ2v) is 4.96. The molecule has 0 aliphatic heterocycles. The van der Waals surface area contributed by atoms with Crippen LogP contribution in [0.3, 0.4) is 0 Å². The first-order valence-corrected chi connectivity index (χ1v) is 6.15. The second kappa shape index (κ2) is 5.30. The maximum atomic E-state index is 5.65. The highest BCUT2D eigenvalue weighted by molar-refractivity contribution is 5.83. The van der Waals surface area contributed by atoms with E-state index in [1.54, 1.807) is 0 Å². The maximum absolute atomic E-state index is 5.65. The SMILES string of the molecule is CC(C)CC(NN)c1ccc2ccccc2c1. The molecule has 0 aromatic heterocycles. The van der Waals surface area contributed by atoms with Crippen LogP contribution in [-0.4, -0.2) is 0 Å². The van der Waals surface area contributed by atoms with Gasteiger partial charge in [0.15, 0.2) is 0 Å². The minimum absolute atomic E-state index is 0.236. The highest BCUT2D eigenvalue weighted by atomic mass is 15.2. The Kier molecular flexibility index (Phi) is 3.77. The molecule has 2 aromatic carbocycles. The Hall–Kier alpha value is -1.38. The molecular weight excluding hydrogens is 208 g/mol. The molecule has 0 aliphatic carbocycles. The van der Waals surface area contributed by atoms with Gasteiger partial charge in [0, 0.05) is 6.04 Å². The van der Waals surface area contributed by atoms with E-state index in [0.29, 0.717) is 5.92 Å². The number of hydrogen-bond donors (Lipinski definition) is 2. The van der Waals surface area contributed by atoms with Gasteiger partial charge in [0.05, 0.1) is 0 Å². The zero-order valence-corrected chi connectivity index (χ0v) is 10.5. The monoisotopic (exact) mass is 228 g/mol. The number of nitrogens with one attached hydrogen (secondary N) is 1. The molecule has 0 amide bonds. The molecule has 1 atom stereocenters. The lowest BCUT2D eigenvalue weighted by Crippen LogP contribution is -2.29. The van der Waals surface area contributed by atoms with Gasteiger partial charge in [-0.05, 0) is 34.7 Å². The number of fused-ring (bicyclic) bond motifs is 1. The van der Waals surface area contributed by atoms with Gasteiger partial charge in [0.2, 0.25) is 0 Å². The summed E-state index contributed by atoms with van der Waals surface area (Å²) in [4.78, 5) is 0. The van der Waals surface area contributed by atoms with E-state index in [1.807, 2.05) is 0 Å². The molecule has 2 rings (SSSR count). The Labute approximate surface area is 103 Å². The zero-order valence-electron chi connectivity index (χ0n) is 10.5. The van der Waals surface area contributed by atoms with Crippen molar-refractivity contribution in [2.45, 2.75) is 26.3 Å². The van der Waals surface area contributed by atoms with E-state index < -0.39 is 0 Å². The highest BCUT2D eigenvalue weighted by Crippen LogP contribution is 2.24. The van der Waals surface area contributed by atoms with Gasteiger partial charge in [0.25, 0.3) is 0 Å². The number of hydrazine groups is 1. The van der Waals surface area contributed by atoms with Gasteiger partial charge in [-0.15, -0.1) is 0 Å². The molecule has 0 fully saturated rings. The Morgan fingerprint density at radius 1 is 1.06 bits per heavy atom. The summed E-state index contributed by atoms with van der Waals surface area (Å²) in [6.07, 6.45) is 1.05. The molecule has 17 heavy (non-hydrogen) atoms. The Bertz CT molecular complexity index is 491. The van der Waals surface area contributed by atoms with Gasteiger partial charge in [-0.1, -0.05) is 50.2 Å². The van der Waals surface area contributed by atoms with Crippen molar-refractivity contribution in [1.82, 2.24) is 5.43 Å². The molecule has 0 aliphatic rings. The molecule has 0 radical (unpaired) electrons. The summed E-state index contributed by atoms with van der Waals surface area (Å²) in [5.41, 5.74) is 4.18. The van der Waals surface area contributed by atoms with E-state index in [2.05, 4.69) is 61.7 Å². The van der Waals surface area contributed by atoms with Gasteiger partial charge < -0.3 is 0 Å². The molecule has 0 heterocycles. The molecule has 0 saturated heterocycles. The normalized spacial score (nSPS) is 13.2. The predicted octanol–water partition coefficient (Wildman–Crippen LogP) is 3.39. The average molecular weight is 228 g/mol. The minimum atomic E-state index is 0.236. The van der Waals surface area contributed by atoms with Crippen LogP contribution in [-0.2, 0) is 0 Å². The van der Waals surface area contributed by atoms with E-state index >= 15 is 0 Å². The van der Waals surface area contributed by atoms with Gasteiger partial charge >= 0.3 is 0 Å². The van der Waals surface area contributed by atoms with Crippen LogP contribution in [0.4, 0.5) is 0 Å². The first-order chi connectivity index (χ1) is 8.20. The largest absolute Gasteiger partial charge is 0.271 e. The maximum Gasteiger partial charge on any atom is 0.0462 e. The molecule has 0 spiro atoms. The van der Waals surface area contributed by atoms with E-state index in [-0.39, 0.29) is 6.04 Å². The van der Waals surface area contributed by atoms with Gasteiger partial charge in [-0.3, -0.25) is 11.3 Å². The first kappa shape index (κ1) is 12.1. The molecule has 2 nitrogen and oxygen atoms in total. The van der Waals surface area contributed by atoms with Crippen molar-refractivity contribution in [1.29, 1.82) is 0 Å². The van der Waals surface area contributed by atoms with E-state index in [4.69, 9.17) is 5.84 Å². The first-order valence-electron chi connectivity index (χ1n) is 6.15. The van der Waals surface area contributed by atoms with Crippen LogP contribution in [0.25, 0.3) is 10.8 Å². The number of rotatable bonds is 4. The fourth-order valence-corrected chi connectivity index (χ4v) is 2.20. The summed E-state index contributed by atoms with van der Waals surface area (Å²) in [5.74, 6) is 6.27. The highest BCUT2D eigenvalue weighted by Gasteiger charge is 2.11. The summed E-state index contributed by atoms with van der Waals surface area (Å²) in [5, 5.41) is 2.55. The van der Waals surface area contributed by atoms with Crippen molar-refractivity contribution in [3.05, 3.63) is 48.0 Å². The molecule has 2 aromatic rings. The summed E-state index contributed by atoms with van der Waals surface area (Å²) in [7, 11) is 0. The van der Waals surface area contributed by atoms with Crippen molar-refractivity contribution in [3.63, 3.8) is 0 Å². The third-order valence-corrected chi connectivity index (χ3v) is 3.08. The molecule has 3 N–H and O–H groups in total. The number of hydrogen-bond acceptors (Lipinski definition) is 2. The van der Waals surface area contributed by atoms with Crippen molar-refractivity contribution in [2.75, 3.05) is 0 Å². The molecule has 1 unspecified atom stereocenters. The molecule has 0 saturated carbocycles. The standard InChI is InChI=1S/C15H20N2/c1-11(2)9-15(17-16)14-8-7-12-5-3-4-6-13(12)10-14/h3-8,10-11,15,17H,9,16H2,1-2H3. The fraction of sp³-hybridized carbons (Fsp3) is 0.333. The molecule has 2 heteroatoms. The van der Waals surface area contributed by atoms with Crippen LogP contribution in [0.15, 0.2) is 42.5 Å². The Morgan fingerprint density at radius 2 is 1.76 bits per heavy atom. The van der Waals surface area contributed by atoms with Gasteiger partial charge in [-0.2, -0.15) is 0 Å². The fourth-order valence-electron chi connectivity index (χ4n) is 2.20. The van der Waals surface area contributed by atoms with Crippen molar-refractivity contribution in [3.8, 4) is 0 Å². The third kappa shape index (κ3) is 2.84. The third-order valence-electron chi connectivity index (χ3n) is 3.08. The summed E-state index contributed by atoms with van der Waals surface area (Å²) < 4.78 is 0. The molecule has 0 bridgehead atoms. The van der Waals surface area contributed by atoms with Crippen LogP contribution >= 0.6 is 0 Å². The lowest BCUT2D eigenvalue weighted by Gasteiger charge is -2.18. The second-order valence-electron chi connectivity index (χ2n) is 4.96. The van der Waals surface area contributed by atoms with Crippen LogP contribution in [0, 0.1) is 5.92 Å². The zero-order chi connectivity index (χ0) is 12.3. The van der Waals surface area contributed by atoms with Crippen molar-refractivity contribution in [2.24, 2.45) is 11.8 Å². The summed E-state index contributed by atoms with van der Waals surface area (Å²) >= 11 is 0. The lowest BCUT2D eigenvalue weighted by atomic mass is 9.95. The van der Waals surface area contributed by atoms with Gasteiger partial charge in [0.1, 0.15) is 0 Å². The summed E-state index contributed by atoms with van der Waals surface area (Å²) in [6, 6.07) is 15.2. The van der Waals surface area contributed by atoms with Crippen LogP contribution in [0.1, 0.15) is 31.9 Å². The quantitative estimate of drug-likeness (QED) is 0.622. The number of benzene rings is 2. The van der Waals surface area contributed by atoms with Crippen molar-refractivity contribution >= 4 is 10.8 Å². The minimum Gasteiger partial charge on any atom is -0.271 e. The van der Waals surface area contributed by atoms with E-state index in [1.165, 1.54) is 16.3 Å². The number of nitrogens with two attached hydrogens (primary N) is 1. The van der Waals surface area contributed by atoms with E-state index in [9.17, 15) is 0 Å². The van der Waals surface area contributed by atoms with Gasteiger partial charge in [-0.25, -0.2) is 0 Å². The van der Waals surface area contributed by atoms with Crippen LogP contribution in [0.2, 0.25) is 0 Å². The Morgan fingerprint density at radius 3 is 2.41 bits per heavy atom. The average Bonchev–Trinajstić information content (AvgIpc) is 2.35. The van der Waals surface area contributed by atoms with E-state index in [0.717, 1.165) is 6.42 Å². The van der Waals surface area contributed by atoms with Crippen LogP contribution < -0.4 is 11.3 Å². The molecular formula is C15H20N2. The lowest BCUT2D eigenvalue weighted by molar-refractivity contribution is 0.438. The molecule has 90 valence electrons. The Balaban J connectivity index is 2.34. The smallest absolute Gasteiger partial charge is 0.0462 e.